The number of carbonyl (C=O) groups excluding carboxylic acids is 1. The lowest BCUT2D eigenvalue weighted by Gasteiger charge is -2.58. The van der Waals surface area contributed by atoms with Gasteiger partial charge in [-0.3, -0.25) is 4.79 Å². The Labute approximate surface area is 169 Å². The van der Waals surface area contributed by atoms with Crippen molar-refractivity contribution in [3.63, 3.8) is 0 Å². The van der Waals surface area contributed by atoms with Crippen LogP contribution in [0.2, 0.25) is 0 Å². The van der Waals surface area contributed by atoms with E-state index in [-0.39, 0.29) is 10.8 Å². The van der Waals surface area contributed by atoms with Crippen molar-refractivity contribution in [3.8, 4) is 0 Å². The molecule has 3 fully saturated rings. The summed E-state index contributed by atoms with van der Waals surface area (Å²) >= 11 is 0. The van der Waals surface area contributed by atoms with Gasteiger partial charge in [0.05, 0.1) is 5.60 Å². The van der Waals surface area contributed by atoms with Gasteiger partial charge in [0.25, 0.3) is 0 Å². The average Bonchev–Trinajstić information content (AvgIpc) is 2.98. The molecule has 6 atom stereocenters. The molecule has 150 valence electrons. The fourth-order valence-electron chi connectivity index (χ4n) is 7.64. The summed E-state index contributed by atoms with van der Waals surface area (Å²) in [6.07, 6.45) is 11.4. The fraction of sp³-hybridized carbons (Fsp3) is 0.654. The van der Waals surface area contributed by atoms with Crippen LogP contribution in [0, 0.1) is 28.6 Å². The minimum Gasteiger partial charge on any atom is -0.385 e. The SMILES string of the molecule is C[C@]12CC[C@](O)(Cc3ccccc3)C=C1CCC1C2CC[C@]2(C)C(=O)CCC12. The van der Waals surface area contributed by atoms with Crippen molar-refractivity contribution in [1.82, 2.24) is 0 Å². The van der Waals surface area contributed by atoms with E-state index in [2.05, 4.69) is 44.2 Å². The van der Waals surface area contributed by atoms with Gasteiger partial charge in [-0.1, -0.05) is 55.8 Å². The molecule has 1 aromatic carbocycles. The summed E-state index contributed by atoms with van der Waals surface area (Å²) in [6, 6.07) is 10.4. The number of hydrogen-bond donors (Lipinski definition) is 1. The maximum atomic E-state index is 12.6. The largest absolute Gasteiger partial charge is 0.385 e. The molecule has 1 N–H and O–H groups in total. The van der Waals surface area contributed by atoms with Gasteiger partial charge in [0.1, 0.15) is 5.78 Å². The van der Waals surface area contributed by atoms with E-state index in [1.54, 1.807) is 0 Å². The number of fused-ring (bicyclic) bond motifs is 5. The van der Waals surface area contributed by atoms with E-state index in [1.807, 2.05) is 6.07 Å². The molecule has 0 spiro atoms. The van der Waals surface area contributed by atoms with E-state index in [1.165, 1.54) is 24.0 Å². The number of rotatable bonds is 2. The Morgan fingerprint density at radius 1 is 0.929 bits per heavy atom. The Bertz CT molecular complexity index is 811. The third-order valence-corrected chi connectivity index (χ3v) is 9.32. The fourth-order valence-corrected chi connectivity index (χ4v) is 7.64. The highest BCUT2D eigenvalue weighted by molar-refractivity contribution is 5.87. The summed E-state index contributed by atoms with van der Waals surface area (Å²) in [5.74, 6) is 2.52. The third-order valence-electron chi connectivity index (χ3n) is 9.32. The molecule has 0 aliphatic heterocycles. The van der Waals surface area contributed by atoms with E-state index in [4.69, 9.17) is 0 Å². The Morgan fingerprint density at radius 3 is 2.46 bits per heavy atom. The van der Waals surface area contributed by atoms with E-state index in [9.17, 15) is 9.90 Å². The molecule has 4 aliphatic rings. The summed E-state index contributed by atoms with van der Waals surface area (Å²) in [7, 11) is 0. The first-order chi connectivity index (χ1) is 13.3. The van der Waals surface area contributed by atoms with Gasteiger partial charge < -0.3 is 5.11 Å². The molecule has 0 saturated heterocycles. The van der Waals surface area contributed by atoms with Crippen LogP contribution in [-0.4, -0.2) is 16.5 Å². The molecule has 0 amide bonds. The second-order valence-corrected chi connectivity index (χ2v) is 10.7. The quantitative estimate of drug-likeness (QED) is 0.691. The van der Waals surface area contributed by atoms with Gasteiger partial charge in [0.2, 0.25) is 0 Å². The van der Waals surface area contributed by atoms with Gasteiger partial charge >= 0.3 is 0 Å². The minimum atomic E-state index is -0.699. The monoisotopic (exact) mass is 378 g/mol. The van der Waals surface area contributed by atoms with Crippen molar-refractivity contribution in [2.45, 2.75) is 77.2 Å². The predicted molar refractivity (Wildman–Crippen MR) is 112 cm³/mol. The van der Waals surface area contributed by atoms with Crippen molar-refractivity contribution in [3.05, 3.63) is 47.5 Å². The number of allylic oxidation sites excluding steroid dienone is 1. The smallest absolute Gasteiger partial charge is 0.139 e. The van der Waals surface area contributed by atoms with Crippen LogP contribution in [-0.2, 0) is 11.2 Å². The molecule has 2 heteroatoms. The number of hydrogen-bond acceptors (Lipinski definition) is 2. The molecule has 0 bridgehead atoms. The van der Waals surface area contributed by atoms with Crippen LogP contribution in [0.4, 0.5) is 0 Å². The Kier molecular flexibility index (Phi) is 4.18. The van der Waals surface area contributed by atoms with E-state index in [0.717, 1.165) is 44.9 Å². The predicted octanol–water partition coefficient (Wildman–Crippen LogP) is 5.49. The maximum absolute atomic E-state index is 12.6. The molecule has 3 unspecified atom stereocenters. The lowest BCUT2D eigenvalue weighted by molar-refractivity contribution is -0.132. The van der Waals surface area contributed by atoms with Crippen LogP contribution in [0.5, 0.6) is 0 Å². The molecular formula is C26H34O2. The maximum Gasteiger partial charge on any atom is 0.139 e. The molecule has 5 rings (SSSR count). The third kappa shape index (κ3) is 2.67. The van der Waals surface area contributed by atoms with Crippen molar-refractivity contribution >= 4 is 5.78 Å². The number of benzene rings is 1. The number of carbonyl (C=O) groups is 1. The minimum absolute atomic E-state index is 0.0402. The summed E-state index contributed by atoms with van der Waals surface area (Å²) in [6.45, 7) is 4.73. The zero-order chi connectivity index (χ0) is 19.6. The van der Waals surface area contributed by atoms with Crippen LogP contribution >= 0.6 is 0 Å². The molecule has 4 aliphatic carbocycles. The first kappa shape index (κ1) is 18.6. The second-order valence-electron chi connectivity index (χ2n) is 10.7. The van der Waals surface area contributed by atoms with Gasteiger partial charge in [0, 0.05) is 18.3 Å². The normalized spacial score (nSPS) is 45.0. The van der Waals surface area contributed by atoms with Gasteiger partial charge in [0.15, 0.2) is 0 Å². The molecule has 1 aromatic rings. The summed E-state index contributed by atoms with van der Waals surface area (Å²) in [4.78, 5) is 12.6. The molecule has 0 heterocycles. The van der Waals surface area contributed by atoms with Gasteiger partial charge in [-0.25, -0.2) is 0 Å². The molecular weight excluding hydrogens is 344 g/mol. The van der Waals surface area contributed by atoms with E-state index in [0.29, 0.717) is 23.5 Å². The lowest BCUT2D eigenvalue weighted by Crippen LogP contribution is -2.52. The number of Topliss-reactive ketones (excluding diaryl/α,β-unsaturated/α-hetero) is 1. The highest BCUT2D eigenvalue weighted by Gasteiger charge is 2.59. The topological polar surface area (TPSA) is 37.3 Å². The Morgan fingerprint density at radius 2 is 1.68 bits per heavy atom. The Hall–Kier alpha value is -1.41. The van der Waals surface area contributed by atoms with Crippen LogP contribution in [0.3, 0.4) is 0 Å². The van der Waals surface area contributed by atoms with Gasteiger partial charge in [-0.15, -0.1) is 0 Å². The van der Waals surface area contributed by atoms with Crippen LogP contribution in [0.25, 0.3) is 0 Å². The van der Waals surface area contributed by atoms with Gasteiger partial charge in [-0.05, 0) is 73.7 Å². The van der Waals surface area contributed by atoms with E-state index >= 15 is 0 Å². The van der Waals surface area contributed by atoms with Crippen molar-refractivity contribution < 1.29 is 9.90 Å². The first-order valence-corrected chi connectivity index (χ1v) is 11.4. The van der Waals surface area contributed by atoms with Crippen molar-refractivity contribution in [1.29, 1.82) is 0 Å². The standard InChI is InChI=1S/C26H34O2/c1-24-14-15-26(28,16-18-6-4-3-5-7-18)17-19(24)8-9-20-21-10-11-23(27)25(21,2)13-12-22(20)24/h3-7,17,20-22,28H,8-16H2,1-2H3/t20?,21?,22?,24-,25-,26-/m0/s1. The zero-order valence-corrected chi connectivity index (χ0v) is 17.4. The second kappa shape index (κ2) is 6.29. The molecule has 0 radical (unpaired) electrons. The Balaban J connectivity index is 1.42. The summed E-state index contributed by atoms with van der Waals surface area (Å²) in [5.41, 5.74) is 2.21. The van der Waals surface area contributed by atoms with Crippen LogP contribution in [0.1, 0.15) is 70.8 Å². The number of aliphatic hydroxyl groups is 1. The van der Waals surface area contributed by atoms with Gasteiger partial charge in [-0.2, -0.15) is 0 Å². The highest BCUT2D eigenvalue weighted by atomic mass is 16.3. The van der Waals surface area contributed by atoms with E-state index < -0.39 is 5.60 Å². The zero-order valence-electron chi connectivity index (χ0n) is 17.4. The molecule has 0 aromatic heterocycles. The lowest BCUT2D eigenvalue weighted by atomic mass is 9.47. The molecule has 28 heavy (non-hydrogen) atoms. The van der Waals surface area contributed by atoms with Crippen LogP contribution < -0.4 is 0 Å². The number of ketones is 1. The summed E-state index contributed by atoms with van der Waals surface area (Å²) in [5, 5.41) is 11.4. The highest BCUT2D eigenvalue weighted by Crippen LogP contribution is 2.65. The first-order valence-electron chi connectivity index (χ1n) is 11.4. The molecule has 3 saturated carbocycles. The van der Waals surface area contributed by atoms with Crippen molar-refractivity contribution in [2.24, 2.45) is 28.6 Å². The summed E-state index contributed by atoms with van der Waals surface area (Å²) < 4.78 is 0. The molecule has 2 nitrogen and oxygen atoms in total. The average molecular weight is 379 g/mol. The van der Waals surface area contributed by atoms with Crippen LogP contribution in [0.15, 0.2) is 42.0 Å². The van der Waals surface area contributed by atoms with Crippen molar-refractivity contribution in [2.75, 3.05) is 0 Å².